The Kier molecular flexibility index (Phi) is 5.88. The zero-order chi connectivity index (χ0) is 16.7. The van der Waals surface area contributed by atoms with E-state index in [0.29, 0.717) is 13.1 Å². The fraction of sp³-hybridized carbons (Fsp3) is 0.222. The first-order valence-corrected chi connectivity index (χ1v) is 7.48. The van der Waals surface area contributed by atoms with Crippen molar-refractivity contribution in [1.82, 2.24) is 10.6 Å². The van der Waals surface area contributed by atoms with E-state index in [2.05, 4.69) is 10.6 Å². The third kappa shape index (κ3) is 4.93. The molecule has 5 heteroatoms. The number of benzene rings is 2. The van der Waals surface area contributed by atoms with Gasteiger partial charge in [-0.25, -0.2) is 0 Å². The number of hydrogen-bond acceptors (Lipinski definition) is 3. The van der Waals surface area contributed by atoms with Gasteiger partial charge in [0.1, 0.15) is 6.04 Å². The molecule has 120 valence electrons. The van der Waals surface area contributed by atoms with E-state index in [1.807, 2.05) is 54.6 Å². The van der Waals surface area contributed by atoms with Gasteiger partial charge >= 0.3 is 0 Å². The molecule has 2 amide bonds. The minimum atomic E-state index is -0.702. The second-order valence-electron chi connectivity index (χ2n) is 5.29. The minimum Gasteiger partial charge on any atom is -0.350 e. The molecule has 0 aliphatic heterocycles. The highest BCUT2D eigenvalue weighted by Crippen LogP contribution is 2.13. The zero-order valence-electron chi connectivity index (χ0n) is 13.1. The van der Waals surface area contributed by atoms with Crippen LogP contribution in [0.15, 0.2) is 54.6 Å². The van der Waals surface area contributed by atoms with Crippen molar-refractivity contribution >= 4 is 11.8 Å². The number of hydrogen-bond donors (Lipinski definition) is 3. The fourth-order valence-corrected chi connectivity index (χ4v) is 2.31. The quantitative estimate of drug-likeness (QED) is 0.758. The highest BCUT2D eigenvalue weighted by molar-refractivity contribution is 5.87. The minimum absolute atomic E-state index is 0.246. The highest BCUT2D eigenvalue weighted by atomic mass is 16.2. The smallest absolute Gasteiger partial charge is 0.247 e. The van der Waals surface area contributed by atoms with Crippen LogP contribution in [0.5, 0.6) is 0 Å². The first-order valence-electron chi connectivity index (χ1n) is 7.48. The number of amides is 2. The summed E-state index contributed by atoms with van der Waals surface area (Å²) in [4.78, 5) is 23.8. The molecule has 0 fully saturated rings. The molecule has 2 rings (SSSR count). The van der Waals surface area contributed by atoms with Gasteiger partial charge in [-0.15, -0.1) is 0 Å². The third-order valence-electron chi connectivity index (χ3n) is 3.44. The molecule has 4 N–H and O–H groups in total. The summed E-state index contributed by atoms with van der Waals surface area (Å²) in [6, 6.07) is 16.2. The van der Waals surface area contributed by atoms with Crippen molar-refractivity contribution in [3.05, 3.63) is 71.3 Å². The van der Waals surface area contributed by atoms with E-state index >= 15 is 0 Å². The lowest BCUT2D eigenvalue weighted by atomic mass is 10.1. The van der Waals surface area contributed by atoms with Crippen LogP contribution in [-0.2, 0) is 22.7 Å². The summed E-state index contributed by atoms with van der Waals surface area (Å²) in [6.07, 6.45) is 0. The van der Waals surface area contributed by atoms with E-state index in [-0.39, 0.29) is 11.8 Å². The van der Waals surface area contributed by atoms with Gasteiger partial charge in [-0.2, -0.15) is 0 Å². The Morgan fingerprint density at radius 3 is 2.39 bits per heavy atom. The Bertz CT molecular complexity index is 671. The van der Waals surface area contributed by atoms with E-state index in [9.17, 15) is 9.59 Å². The molecule has 0 bridgehead atoms. The molecule has 1 atom stereocenters. The SMILES string of the molecule is CC(=O)NC(C(=O)NCc1cccc(CN)c1)c1ccccc1. The summed E-state index contributed by atoms with van der Waals surface area (Å²) >= 11 is 0. The van der Waals surface area contributed by atoms with Gasteiger partial charge in [0.15, 0.2) is 0 Å². The molecule has 0 aliphatic rings. The van der Waals surface area contributed by atoms with E-state index < -0.39 is 6.04 Å². The van der Waals surface area contributed by atoms with E-state index in [1.165, 1.54) is 6.92 Å². The van der Waals surface area contributed by atoms with Crippen LogP contribution in [-0.4, -0.2) is 11.8 Å². The molecule has 23 heavy (non-hydrogen) atoms. The van der Waals surface area contributed by atoms with Crippen molar-refractivity contribution in [3.63, 3.8) is 0 Å². The number of carbonyl (C=O) groups excluding carboxylic acids is 2. The molecule has 2 aromatic carbocycles. The first kappa shape index (κ1) is 16.7. The van der Waals surface area contributed by atoms with Crippen molar-refractivity contribution in [3.8, 4) is 0 Å². The molecule has 5 nitrogen and oxygen atoms in total. The summed E-state index contributed by atoms with van der Waals surface area (Å²) in [5, 5.41) is 5.54. The molecule has 0 saturated carbocycles. The predicted octanol–water partition coefficient (Wildman–Crippen LogP) is 1.64. The predicted molar refractivity (Wildman–Crippen MR) is 89.2 cm³/mol. The second-order valence-corrected chi connectivity index (χ2v) is 5.29. The third-order valence-corrected chi connectivity index (χ3v) is 3.44. The van der Waals surface area contributed by atoms with Crippen LogP contribution < -0.4 is 16.4 Å². The largest absolute Gasteiger partial charge is 0.350 e. The van der Waals surface area contributed by atoms with Crippen molar-refractivity contribution in [1.29, 1.82) is 0 Å². The van der Waals surface area contributed by atoms with Crippen molar-refractivity contribution in [2.45, 2.75) is 26.1 Å². The lowest BCUT2D eigenvalue weighted by Gasteiger charge is -2.18. The zero-order valence-corrected chi connectivity index (χ0v) is 13.1. The van der Waals surface area contributed by atoms with Crippen LogP contribution in [0.1, 0.15) is 29.7 Å². The monoisotopic (exact) mass is 311 g/mol. The summed E-state index contributed by atoms with van der Waals surface area (Å²) in [5.41, 5.74) is 8.35. The summed E-state index contributed by atoms with van der Waals surface area (Å²) in [6.45, 7) is 2.24. The van der Waals surface area contributed by atoms with Crippen molar-refractivity contribution < 1.29 is 9.59 Å². The molecular formula is C18H21N3O2. The Balaban J connectivity index is 2.07. The average molecular weight is 311 g/mol. The standard InChI is InChI=1S/C18H21N3O2/c1-13(22)21-17(16-8-3-2-4-9-16)18(23)20-12-15-7-5-6-14(10-15)11-19/h2-10,17H,11-12,19H2,1H3,(H,20,23)(H,21,22). The maximum Gasteiger partial charge on any atom is 0.247 e. The second kappa shape index (κ2) is 8.10. The Labute approximate surface area is 135 Å². The molecule has 1 unspecified atom stereocenters. The fourth-order valence-electron chi connectivity index (χ4n) is 2.31. The molecule has 2 aromatic rings. The van der Waals surface area contributed by atoms with Crippen molar-refractivity contribution in [2.75, 3.05) is 0 Å². The molecule has 0 heterocycles. The van der Waals surface area contributed by atoms with Gasteiger partial charge in [0.25, 0.3) is 0 Å². The lowest BCUT2D eigenvalue weighted by molar-refractivity contribution is -0.128. The van der Waals surface area contributed by atoms with Crippen LogP contribution in [0.3, 0.4) is 0 Å². The first-order chi connectivity index (χ1) is 11.1. The number of carbonyl (C=O) groups is 2. The number of nitrogens with one attached hydrogen (secondary N) is 2. The van der Waals surface area contributed by atoms with Gasteiger partial charge in [-0.05, 0) is 16.7 Å². The molecule has 0 saturated heterocycles. The Morgan fingerprint density at radius 2 is 1.74 bits per heavy atom. The average Bonchev–Trinajstić information content (AvgIpc) is 2.58. The molecule has 0 spiro atoms. The highest BCUT2D eigenvalue weighted by Gasteiger charge is 2.20. The summed E-state index contributed by atoms with van der Waals surface area (Å²) in [7, 11) is 0. The van der Waals surface area contributed by atoms with Gasteiger partial charge in [-0.3, -0.25) is 9.59 Å². The molecule has 0 aliphatic carbocycles. The van der Waals surface area contributed by atoms with E-state index in [1.54, 1.807) is 0 Å². The molecular weight excluding hydrogens is 290 g/mol. The Hall–Kier alpha value is -2.66. The normalized spacial score (nSPS) is 11.6. The van der Waals surface area contributed by atoms with Crippen LogP contribution in [0, 0.1) is 0 Å². The topological polar surface area (TPSA) is 84.2 Å². The van der Waals surface area contributed by atoms with E-state index in [0.717, 1.165) is 16.7 Å². The maximum absolute atomic E-state index is 12.5. The van der Waals surface area contributed by atoms with Gasteiger partial charge in [0.05, 0.1) is 0 Å². The van der Waals surface area contributed by atoms with Crippen LogP contribution in [0.25, 0.3) is 0 Å². The molecule has 0 aromatic heterocycles. The van der Waals surface area contributed by atoms with Gasteiger partial charge in [0.2, 0.25) is 11.8 Å². The van der Waals surface area contributed by atoms with Crippen LogP contribution in [0.4, 0.5) is 0 Å². The van der Waals surface area contributed by atoms with Crippen LogP contribution in [0.2, 0.25) is 0 Å². The van der Waals surface area contributed by atoms with E-state index in [4.69, 9.17) is 5.73 Å². The van der Waals surface area contributed by atoms with Gasteiger partial charge < -0.3 is 16.4 Å². The number of nitrogens with two attached hydrogens (primary N) is 1. The molecule has 0 radical (unpaired) electrons. The lowest BCUT2D eigenvalue weighted by Crippen LogP contribution is -2.39. The Morgan fingerprint density at radius 1 is 1.04 bits per heavy atom. The van der Waals surface area contributed by atoms with Crippen LogP contribution >= 0.6 is 0 Å². The van der Waals surface area contributed by atoms with Gasteiger partial charge in [0, 0.05) is 20.0 Å². The number of rotatable bonds is 6. The van der Waals surface area contributed by atoms with Crippen molar-refractivity contribution in [2.24, 2.45) is 5.73 Å². The van der Waals surface area contributed by atoms with Gasteiger partial charge in [-0.1, -0.05) is 54.6 Å². The maximum atomic E-state index is 12.5. The summed E-state index contributed by atoms with van der Waals surface area (Å²) in [5.74, 6) is -0.497. The summed E-state index contributed by atoms with van der Waals surface area (Å²) < 4.78 is 0.